The molecule has 3 nitrogen and oxygen atoms in total. The molecule has 0 radical (unpaired) electrons. The summed E-state index contributed by atoms with van der Waals surface area (Å²) in [5, 5.41) is 23.3. The van der Waals surface area contributed by atoms with Crippen LogP contribution in [0.3, 0.4) is 0 Å². The van der Waals surface area contributed by atoms with Crippen LogP contribution in [-0.4, -0.2) is 16.3 Å². The normalized spacial score (nSPS) is 22.3. The highest BCUT2D eigenvalue weighted by Gasteiger charge is 2.37. The molecule has 0 saturated heterocycles. The van der Waals surface area contributed by atoms with E-state index in [0.29, 0.717) is 12.0 Å². The first-order valence-corrected chi connectivity index (χ1v) is 8.24. The Bertz CT molecular complexity index is 741. The van der Waals surface area contributed by atoms with Crippen molar-refractivity contribution in [2.24, 2.45) is 0 Å². The Labute approximate surface area is 144 Å². The van der Waals surface area contributed by atoms with Crippen LogP contribution < -0.4 is 5.32 Å². The molecular formula is C17H20BrNO2S. The minimum atomic E-state index is -0.00785. The van der Waals surface area contributed by atoms with Gasteiger partial charge in [-0.3, -0.25) is 0 Å². The van der Waals surface area contributed by atoms with Crippen LogP contribution in [0, 0.1) is 13.8 Å². The highest BCUT2D eigenvalue weighted by molar-refractivity contribution is 8.93. The molecule has 1 aromatic heterocycles. The van der Waals surface area contributed by atoms with Crippen LogP contribution in [0.1, 0.15) is 44.3 Å². The average molecular weight is 382 g/mol. The lowest BCUT2D eigenvalue weighted by Gasteiger charge is -2.38. The molecule has 3 N–H and O–H groups in total. The molecule has 0 fully saturated rings. The van der Waals surface area contributed by atoms with E-state index in [-0.39, 0.29) is 28.5 Å². The average Bonchev–Trinajstić information content (AvgIpc) is 2.75. The molecule has 0 unspecified atom stereocenters. The lowest BCUT2D eigenvalue weighted by Crippen LogP contribution is -2.42. The Hall–Kier alpha value is -1.04. The minimum Gasteiger partial charge on any atom is -0.504 e. The number of phenolic OH excluding ortho intramolecular Hbond substituents is 2. The molecule has 1 aliphatic carbocycles. The van der Waals surface area contributed by atoms with Crippen LogP contribution in [0.5, 0.6) is 11.5 Å². The smallest absolute Gasteiger partial charge is 0.157 e. The standard InChI is InChI=1S/C17H19NO2S.BrH/c1-8-9(2)21-17-12(8)7-18-13-4-3-10-5-14(19)15(20)6-11(10)16(13)17;/h5-6,13,16,18-20H,3-4,7H2,1-2H3;1H/t13-,16-;/m1./s1. The number of rotatable bonds is 0. The van der Waals surface area contributed by atoms with E-state index >= 15 is 0 Å². The minimum absolute atomic E-state index is 0. The number of fused-ring (bicyclic) bond motifs is 5. The maximum Gasteiger partial charge on any atom is 0.157 e. The molecule has 5 heteroatoms. The monoisotopic (exact) mass is 381 g/mol. The van der Waals surface area contributed by atoms with Crippen LogP contribution in [0.15, 0.2) is 12.1 Å². The van der Waals surface area contributed by atoms with E-state index in [1.165, 1.54) is 32.0 Å². The van der Waals surface area contributed by atoms with Gasteiger partial charge in [-0.05, 0) is 61.1 Å². The van der Waals surface area contributed by atoms with E-state index in [0.717, 1.165) is 19.4 Å². The number of aromatic hydroxyl groups is 2. The number of aryl methyl sites for hydroxylation is 2. The molecule has 0 bridgehead atoms. The number of nitrogens with one attached hydrogen (secondary N) is 1. The number of phenols is 2. The predicted octanol–water partition coefficient (Wildman–Crippen LogP) is 3.90. The molecule has 1 aliphatic heterocycles. The van der Waals surface area contributed by atoms with Crippen LogP contribution in [0.25, 0.3) is 0 Å². The van der Waals surface area contributed by atoms with Crippen LogP contribution in [-0.2, 0) is 13.0 Å². The summed E-state index contributed by atoms with van der Waals surface area (Å²) in [4.78, 5) is 2.83. The van der Waals surface area contributed by atoms with Crippen molar-refractivity contribution < 1.29 is 10.2 Å². The number of benzene rings is 1. The van der Waals surface area contributed by atoms with Gasteiger partial charge in [0.15, 0.2) is 11.5 Å². The molecule has 2 heterocycles. The highest BCUT2D eigenvalue weighted by Crippen LogP contribution is 2.47. The lowest BCUT2D eigenvalue weighted by molar-refractivity contribution is 0.382. The van der Waals surface area contributed by atoms with Crippen molar-refractivity contribution in [1.29, 1.82) is 0 Å². The fourth-order valence-corrected chi connectivity index (χ4v) is 5.16. The molecule has 0 saturated carbocycles. The molecule has 1 aromatic carbocycles. The summed E-state index contributed by atoms with van der Waals surface area (Å²) in [5.41, 5.74) is 5.18. The van der Waals surface area contributed by atoms with Gasteiger partial charge in [-0.15, -0.1) is 28.3 Å². The number of hydrogen-bond donors (Lipinski definition) is 3. The second-order valence-electron chi connectivity index (χ2n) is 6.17. The van der Waals surface area contributed by atoms with Gasteiger partial charge >= 0.3 is 0 Å². The Balaban J connectivity index is 0.00000144. The fourth-order valence-electron chi connectivity index (χ4n) is 3.78. The van der Waals surface area contributed by atoms with Gasteiger partial charge in [-0.25, -0.2) is 0 Å². The zero-order chi connectivity index (χ0) is 14.7. The van der Waals surface area contributed by atoms with Gasteiger partial charge in [0.05, 0.1) is 0 Å². The predicted molar refractivity (Wildman–Crippen MR) is 94.7 cm³/mol. The largest absolute Gasteiger partial charge is 0.504 e. The maximum absolute atomic E-state index is 9.91. The van der Waals surface area contributed by atoms with E-state index < -0.39 is 0 Å². The summed E-state index contributed by atoms with van der Waals surface area (Å²) in [7, 11) is 0. The third kappa shape index (κ3) is 2.18. The summed E-state index contributed by atoms with van der Waals surface area (Å²) in [6.07, 6.45) is 2.04. The van der Waals surface area contributed by atoms with Gasteiger partial charge in [0.25, 0.3) is 0 Å². The highest BCUT2D eigenvalue weighted by atomic mass is 79.9. The second kappa shape index (κ2) is 5.55. The van der Waals surface area contributed by atoms with E-state index in [4.69, 9.17) is 0 Å². The number of halogens is 1. The van der Waals surface area contributed by atoms with Crippen molar-refractivity contribution >= 4 is 28.3 Å². The van der Waals surface area contributed by atoms with Gasteiger partial charge in [-0.2, -0.15) is 0 Å². The summed E-state index contributed by atoms with van der Waals surface area (Å²) < 4.78 is 0. The number of hydrogen-bond acceptors (Lipinski definition) is 4. The molecule has 0 spiro atoms. The van der Waals surface area contributed by atoms with Gasteiger partial charge in [-0.1, -0.05) is 0 Å². The third-order valence-electron chi connectivity index (χ3n) is 5.06. The molecule has 118 valence electrons. The number of thiophene rings is 1. The quantitative estimate of drug-likeness (QED) is 0.606. The van der Waals surface area contributed by atoms with Crippen LogP contribution in [0.2, 0.25) is 0 Å². The second-order valence-corrected chi connectivity index (χ2v) is 7.43. The Morgan fingerprint density at radius 1 is 1.18 bits per heavy atom. The first-order valence-electron chi connectivity index (χ1n) is 7.43. The van der Waals surface area contributed by atoms with Crippen molar-refractivity contribution in [2.75, 3.05) is 0 Å². The first-order chi connectivity index (χ1) is 10.1. The van der Waals surface area contributed by atoms with Crippen molar-refractivity contribution in [3.8, 4) is 11.5 Å². The Kier molecular flexibility index (Phi) is 4.00. The molecule has 4 rings (SSSR count). The van der Waals surface area contributed by atoms with E-state index in [9.17, 15) is 10.2 Å². The van der Waals surface area contributed by atoms with Crippen LogP contribution in [0.4, 0.5) is 0 Å². The van der Waals surface area contributed by atoms with Gasteiger partial charge in [0, 0.05) is 28.3 Å². The third-order valence-corrected chi connectivity index (χ3v) is 6.40. The van der Waals surface area contributed by atoms with Gasteiger partial charge in [0.1, 0.15) is 0 Å². The van der Waals surface area contributed by atoms with Crippen molar-refractivity contribution in [2.45, 2.75) is 45.2 Å². The summed E-state index contributed by atoms with van der Waals surface area (Å²) in [6, 6.07) is 3.94. The molecule has 22 heavy (non-hydrogen) atoms. The lowest BCUT2D eigenvalue weighted by atomic mass is 9.75. The van der Waals surface area contributed by atoms with Crippen molar-refractivity contribution in [1.82, 2.24) is 5.32 Å². The zero-order valence-electron chi connectivity index (χ0n) is 12.6. The van der Waals surface area contributed by atoms with E-state index in [1.807, 2.05) is 11.3 Å². The SMILES string of the molecule is Br.Cc1sc2c(c1C)CN[C@@H]1CCc3cc(O)c(O)cc3[C@@H]21. The zero-order valence-corrected chi connectivity index (χ0v) is 15.2. The summed E-state index contributed by atoms with van der Waals surface area (Å²) in [6.45, 7) is 5.34. The van der Waals surface area contributed by atoms with E-state index in [2.05, 4.69) is 19.2 Å². The molecule has 2 aliphatic rings. The van der Waals surface area contributed by atoms with E-state index in [1.54, 1.807) is 12.1 Å². The van der Waals surface area contributed by atoms with Crippen molar-refractivity contribution in [3.63, 3.8) is 0 Å². The maximum atomic E-state index is 9.91. The van der Waals surface area contributed by atoms with Crippen molar-refractivity contribution in [3.05, 3.63) is 44.1 Å². The van der Waals surface area contributed by atoms with Crippen LogP contribution >= 0.6 is 28.3 Å². The first kappa shape index (κ1) is 15.8. The molecule has 0 amide bonds. The van der Waals surface area contributed by atoms with Gasteiger partial charge in [0.2, 0.25) is 0 Å². The van der Waals surface area contributed by atoms with Gasteiger partial charge < -0.3 is 15.5 Å². The summed E-state index contributed by atoms with van der Waals surface area (Å²) >= 11 is 1.89. The Morgan fingerprint density at radius 2 is 1.91 bits per heavy atom. The fraction of sp³-hybridized carbons (Fsp3) is 0.412. The molecule has 2 aromatic rings. The topological polar surface area (TPSA) is 52.5 Å². The molecular weight excluding hydrogens is 362 g/mol. The molecule has 2 atom stereocenters. The Morgan fingerprint density at radius 3 is 2.68 bits per heavy atom. The summed E-state index contributed by atoms with van der Waals surface area (Å²) in [5.74, 6) is 0.294.